The number of benzene rings is 1. The first kappa shape index (κ1) is 14.9. The number of carbonyl (C=O) groups is 1. The van der Waals surface area contributed by atoms with E-state index < -0.39 is 12.1 Å². The molecule has 1 unspecified atom stereocenters. The number of carbonyl (C=O) groups excluding carboxylic acids is 1. The molecule has 7 nitrogen and oxygen atoms in total. The molecule has 0 radical (unpaired) electrons. The molecule has 2 aromatic rings. The Morgan fingerprint density at radius 1 is 1.43 bits per heavy atom. The maximum Gasteiger partial charge on any atom is 0.335 e. The molecule has 1 aromatic carbocycles. The number of ether oxygens (including phenoxy) is 2. The topological polar surface area (TPSA) is 79.1 Å². The van der Waals surface area contributed by atoms with Gasteiger partial charge in [-0.1, -0.05) is 24.3 Å². The van der Waals surface area contributed by atoms with Gasteiger partial charge in [0.2, 0.25) is 0 Å². The number of rotatable bonds is 7. The monoisotopic (exact) mass is 288 g/mol. The van der Waals surface area contributed by atoms with E-state index in [0.29, 0.717) is 5.82 Å². The minimum atomic E-state index is -0.663. The van der Waals surface area contributed by atoms with Crippen LogP contribution in [0.4, 0.5) is 0 Å². The van der Waals surface area contributed by atoms with Crippen molar-refractivity contribution in [3.05, 3.63) is 48.8 Å². The van der Waals surface area contributed by atoms with E-state index in [0.717, 1.165) is 5.69 Å². The second-order valence-electron chi connectivity index (χ2n) is 4.21. The fraction of sp³-hybridized carbons (Fsp3) is 0.286. The first-order chi connectivity index (χ1) is 10.2. The lowest BCUT2D eigenvalue weighted by atomic mass is 10.3. The van der Waals surface area contributed by atoms with E-state index in [1.54, 1.807) is 13.0 Å². The van der Waals surface area contributed by atoms with Gasteiger partial charge in [0.1, 0.15) is 0 Å². The highest BCUT2D eigenvalue weighted by molar-refractivity contribution is 5.74. The third-order valence-corrected chi connectivity index (χ3v) is 2.67. The van der Waals surface area contributed by atoms with Gasteiger partial charge >= 0.3 is 5.97 Å². The Kier molecular flexibility index (Phi) is 5.16. The molecule has 1 atom stereocenters. The zero-order valence-electron chi connectivity index (χ0n) is 11.7. The summed E-state index contributed by atoms with van der Waals surface area (Å²) in [5, 5.41) is 11.3. The van der Waals surface area contributed by atoms with Crippen molar-refractivity contribution >= 4 is 5.97 Å². The standard InChI is InChI=1S/C14H16N4O3/c1-3-9-20-11(2)14(19)21-10-13-15-16-17-18(13)12-7-5-4-6-8-12/h3-8,11H,1,9-10H2,2H3. The molecule has 0 N–H and O–H groups in total. The van der Waals surface area contributed by atoms with Crippen LogP contribution in [0.3, 0.4) is 0 Å². The molecule has 1 aromatic heterocycles. The minimum absolute atomic E-state index is 0.0253. The van der Waals surface area contributed by atoms with Crippen LogP contribution < -0.4 is 0 Å². The highest BCUT2D eigenvalue weighted by atomic mass is 16.6. The lowest BCUT2D eigenvalue weighted by molar-refractivity contribution is -0.156. The third-order valence-electron chi connectivity index (χ3n) is 2.67. The van der Waals surface area contributed by atoms with Crippen LogP contribution in [-0.4, -0.2) is 38.9 Å². The average molecular weight is 288 g/mol. The highest BCUT2D eigenvalue weighted by Gasteiger charge is 2.16. The zero-order valence-corrected chi connectivity index (χ0v) is 11.7. The summed E-state index contributed by atoms with van der Waals surface area (Å²) in [6, 6.07) is 9.36. The molecule has 21 heavy (non-hydrogen) atoms. The van der Waals surface area contributed by atoms with Crippen molar-refractivity contribution in [3.63, 3.8) is 0 Å². The molecular formula is C14H16N4O3. The van der Waals surface area contributed by atoms with Gasteiger partial charge in [-0.05, 0) is 29.5 Å². The number of tetrazole rings is 1. The highest BCUT2D eigenvalue weighted by Crippen LogP contribution is 2.08. The smallest absolute Gasteiger partial charge is 0.335 e. The Balaban J connectivity index is 1.97. The van der Waals surface area contributed by atoms with Gasteiger partial charge in [0, 0.05) is 0 Å². The fourth-order valence-corrected chi connectivity index (χ4v) is 1.60. The molecule has 0 aliphatic rings. The summed E-state index contributed by atoms with van der Waals surface area (Å²) in [4.78, 5) is 11.7. The summed E-state index contributed by atoms with van der Waals surface area (Å²) in [5.41, 5.74) is 0.796. The number of para-hydroxylation sites is 1. The van der Waals surface area contributed by atoms with Crippen LogP contribution >= 0.6 is 0 Å². The van der Waals surface area contributed by atoms with Gasteiger partial charge in [0.05, 0.1) is 12.3 Å². The van der Waals surface area contributed by atoms with E-state index in [2.05, 4.69) is 22.1 Å². The van der Waals surface area contributed by atoms with Crippen LogP contribution in [0.25, 0.3) is 5.69 Å². The van der Waals surface area contributed by atoms with Gasteiger partial charge in [-0.2, -0.15) is 4.68 Å². The molecule has 0 bridgehead atoms. The molecule has 7 heteroatoms. The van der Waals surface area contributed by atoms with Crippen molar-refractivity contribution in [2.24, 2.45) is 0 Å². The number of hydrogen-bond acceptors (Lipinski definition) is 6. The summed E-state index contributed by atoms with van der Waals surface area (Å²) in [5.74, 6) is -0.0371. The van der Waals surface area contributed by atoms with Crippen LogP contribution in [0.15, 0.2) is 43.0 Å². The van der Waals surface area contributed by atoms with Gasteiger partial charge < -0.3 is 9.47 Å². The summed E-state index contributed by atoms with van der Waals surface area (Å²) >= 11 is 0. The summed E-state index contributed by atoms with van der Waals surface area (Å²) in [6.07, 6.45) is 0.906. The molecule has 110 valence electrons. The van der Waals surface area contributed by atoms with Gasteiger partial charge in [0.25, 0.3) is 0 Å². The Bertz CT molecular complexity index is 597. The van der Waals surface area contributed by atoms with E-state index in [9.17, 15) is 4.79 Å². The Hall–Kier alpha value is -2.54. The quantitative estimate of drug-likeness (QED) is 0.564. The summed E-state index contributed by atoms with van der Waals surface area (Å²) in [6.45, 7) is 5.40. The van der Waals surface area contributed by atoms with Gasteiger partial charge in [-0.15, -0.1) is 11.7 Å². The molecule has 2 rings (SSSR count). The van der Waals surface area contributed by atoms with Crippen LogP contribution in [-0.2, 0) is 20.9 Å². The molecule has 1 heterocycles. The van der Waals surface area contributed by atoms with Crippen molar-refractivity contribution in [1.82, 2.24) is 20.2 Å². The van der Waals surface area contributed by atoms with Crippen molar-refractivity contribution in [2.45, 2.75) is 19.6 Å². The van der Waals surface area contributed by atoms with Gasteiger partial charge in [-0.25, -0.2) is 4.79 Å². The SMILES string of the molecule is C=CCOC(C)C(=O)OCc1nnnn1-c1ccccc1. The molecule has 0 aliphatic carbocycles. The lowest BCUT2D eigenvalue weighted by Gasteiger charge is -2.11. The van der Waals surface area contributed by atoms with Crippen LogP contribution in [0.2, 0.25) is 0 Å². The Morgan fingerprint density at radius 2 is 2.19 bits per heavy atom. The van der Waals surface area contributed by atoms with E-state index >= 15 is 0 Å². The van der Waals surface area contributed by atoms with E-state index in [-0.39, 0.29) is 13.2 Å². The maximum absolute atomic E-state index is 11.7. The predicted octanol–water partition coefficient (Wildman–Crippen LogP) is 1.30. The first-order valence-electron chi connectivity index (χ1n) is 6.44. The second kappa shape index (κ2) is 7.30. The molecular weight excluding hydrogens is 272 g/mol. The molecule has 0 aliphatic heterocycles. The zero-order chi connectivity index (χ0) is 15.1. The van der Waals surface area contributed by atoms with Crippen molar-refractivity contribution < 1.29 is 14.3 Å². The van der Waals surface area contributed by atoms with E-state index in [1.807, 2.05) is 30.3 Å². The van der Waals surface area contributed by atoms with Crippen molar-refractivity contribution in [1.29, 1.82) is 0 Å². The minimum Gasteiger partial charge on any atom is -0.455 e. The lowest BCUT2D eigenvalue weighted by Crippen LogP contribution is -2.24. The van der Waals surface area contributed by atoms with Crippen molar-refractivity contribution in [3.8, 4) is 5.69 Å². The van der Waals surface area contributed by atoms with Crippen LogP contribution in [0, 0.1) is 0 Å². The molecule has 0 fully saturated rings. The molecule has 0 spiro atoms. The Morgan fingerprint density at radius 3 is 2.90 bits per heavy atom. The van der Waals surface area contributed by atoms with Gasteiger partial charge in [0.15, 0.2) is 18.5 Å². The van der Waals surface area contributed by atoms with Crippen LogP contribution in [0.1, 0.15) is 12.7 Å². The van der Waals surface area contributed by atoms with E-state index in [4.69, 9.17) is 9.47 Å². The fourth-order valence-electron chi connectivity index (χ4n) is 1.60. The normalized spacial score (nSPS) is 11.9. The average Bonchev–Trinajstić information content (AvgIpc) is 2.99. The summed E-state index contributed by atoms with van der Waals surface area (Å²) in [7, 11) is 0. The van der Waals surface area contributed by atoms with Crippen LogP contribution in [0.5, 0.6) is 0 Å². The number of nitrogens with zero attached hydrogens (tertiary/aromatic N) is 4. The maximum atomic E-state index is 11.7. The number of esters is 1. The van der Waals surface area contributed by atoms with Crippen molar-refractivity contribution in [2.75, 3.05) is 6.61 Å². The predicted molar refractivity (Wildman–Crippen MR) is 74.6 cm³/mol. The van der Waals surface area contributed by atoms with Gasteiger partial charge in [-0.3, -0.25) is 0 Å². The number of aromatic nitrogens is 4. The largest absolute Gasteiger partial charge is 0.455 e. The first-order valence-corrected chi connectivity index (χ1v) is 6.44. The molecule has 0 saturated heterocycles. The summed E-state index contributed by atoms with van der Waals surface area (Å²) < 4.78 is 11.8. The second-order valence-corrected chi connectivity index (χ2v) is 4.21. The Labute approximate surface area is 122 Å². The third kappa shape index (κ3) is 3.96. The number of hydrogen-bond donors (Lipinski definition) is 0. The van der Waals surface area contributed by atoms with E-state index in [1.165, 1.54) is 4.68 Å². The molecule has 0 amide bonds. The molecule has 0 saturated carbocycles.